The lowest BCUT2D eigenvalue weighted by atomic mass is 10.1. The van der Waals surface area contributed by atoms with E-state index in [1.807, 2.05) is 24.3 Å². The summed E-state index contributed by atoms with van der Waals surface area (Å²) in [5.74, 6) is -0.280. The van der Waals surface area contributed by atoms with E-state index in [4.69, 9.17) is 23.1 Å². The van der Waals surface area contributed by atoms with Crippen LogP contribution in [0.1, 0.15) is 18.0 Å². The number of rotatable bonds is 4. The predicted octanol–water partition coefficient (Wildman–Crippen LogP) is 1.15. The number of hydrogen-bond acceptors (Lipinski definition) is 3. The Morgan fingerprint density at radius 3 is 2.89 bits per heavy atom. The van der Waals surface area contributed by atoms with Crippen LogP contribution in [0, 0.1) is 5.92 Å². The molecule has 1 aromatic rings. The molecule has 1 aliphatic heterocycles. The van der Waals surface area contributed by atoms with Crippen molar-refractivity contribution >= 4 is 17.5 Å². The lowest BCUT2D eigenvalue weighted by Crippen LogP contribution is -2.34. The fourth-order valence-corrected chi connectivity index (χ4v) is 2.71. The number of carbonyl (C=O) groups excluding carboxylic acids is 1. The molecule has 4 nitrogen and oxygen atoms in total. The van der Waals surface area contributed by atoms with Gasteiger partial charge in [0.2, 0.25) is 5.91 Å². The summed E-state index contributed by atoms with van der Waals surface area (Å²) in [6, 6.07) is 7.81. The Hall–Kier alpha value is -1.10. The van der Waals surface area contributed by atoms with Gasteiger partial charge in [-0.05, 0) is 30.7 Å². The van der Waals surface area contributed by atoms with Crippen LogP contribution in [0.5, 0.6) is 0 Å². The van der Waals surface area contributed by atoms with Gasteiger partial charge in [0.1, 0.15) is 0 Å². The van der Waals surface area contributed by atoms with Gasteiger partial charge in [-0.2, -0.15) is 0 Å². The van der Waals surface area contributed by atoms with Gasteiger partial charge in [0, 0.05) is 24.2 Å². The molecule has 1 heterocycles. The predicted molar refractivity (Wildman–Crippen MR) is 72.1 cm³/mol. The minimum absolute atomic E-state index is 0.0572. The fourth-order valence-electron chi connectivity index (χ4n) is 2.51. The van der Waals surface area contributed by atoms with Gasteiger partial charge in [-0.15, -0.1) is 0 Å². The molecule has 2 unspecified atom stereocenters. The van der Waals surface area contributed by atoms with Crippen LogP contribution in [-0.2, 0) is 4.79 Å². The number of benzene rings is 1. The molecule has 0 spiro atoms. The van der Waals surface area contributed by atoms with Gasteiger partial charge in [0.05, 0.1) is 5.92 Å². The third kappa shape index (κ3) is 2.83. The average Bonchev–Trinajstić information content (AvgIpc) is 2.80. The summed E-state index contributed by atoms with van der Waals surface area (Å²) in [5.41, 5.74) is 12.3. The Morgan fingerprint density at radius 2 is 2.33 bits per heavy atom. The Balaban J connectivity index is 2.13. The highest BCUT2D eigenvalue weighted by Gasteiger charge is 2.31. The third-order valence-corrected chi connectivity index (χ3v) is 3.75. The molecular weight excluding hydrogens is 250 g/mol. The zero-order valence-electron chi connectivity index (χ0n) is 10.2. The molecule has 0 bridgehead atoms. The highest BCUT2D eigenvalue weighted by Crippen LogP contribution is 2.28. The summed E-state index contributed by atoms with van der Waals surface area (Å²) in [6.07, 6.45) is 0.812. The molecule has 2 rings (SSSR count). The summed E-state index contributed by atoms with van der Waals surface area (Å²) in [7, 11) is 0. The normalized spacial score (nSPS) is 22.0. The second-order valence-corrected chi connectivity index (χ2v) is 5.13. The Bertz CT molecular complexity index is 438. The van der Waals surface area contributed by atoms with Crippen LogP contribution in [0.25, 0.3) is 0 Å². The highest BCUT2D eigenvalue weighted by atomic mass is 35.5. The molecule has 0 aromatic heterocycles. The van der Waals surface area contributed by atoms with E-state index in [9.17, 15) is 4.79 Å². The van der Waals surface area contributed by atoms with Crippen molar-refractivity contribution in [1.82, 2.24) is 4.90 Å². The van der Waals surface area contributed by atoms with Gasteiger partial charge in [-0.3, -0.25) is 9.69 Å². The largest absolute Gasteiger partial charge is 0.369 e. The third-order valence-electron chi connectivity index (χ3n) is 3.52. The molecule has 4 N–H and O–H groups in total. The van der Waals surface area contributed by atoms with Crippen LogP contribution in [0.4, 0.5) is 0 Å². The van der Waals surface area contributed by atoms with Crippen molar-refractivity contribution < 1.29 is 4.79 Å². The first-order valence-electron chi connectivity index (χ1n) is 6.10. The van der Waals surface area contributed by atoms with Crippen molar-refractivity contribution in [3.05, 3.63) is 34.9 Å². The number of nitrogens with zero attached hydrogens (tertiary/aromatic N) is 1. The van der Waals surface area contributed by atoms with Gasteiger partial charge in [0.15, 0.2) is 0 Å². The van der Waals surface area contributed by atoms with Gasteiger partial charge in [-0.1, -0.05) is 23.7 Å². The second kappa shape index (κ2) is 5.69. The number of likely N-dealkylation sites (tertiary alicyclic amines) is 1. The fraction of sp³-hybridized carbons (Fsp3) is 0.462. The van der Waals surface area contributed by atoms with Crippen molar-refractivity contribution in [2.75, 3.05) is 19.6 Å². The van der Waals surface area contributed by atoms with E-state index >= 15 is 0 Å². The molecule has 1 saturated heterocycles. The molecule has 1 fully saturated rings. The Morgan fingerprint density at radius 1 is 1.56 bits per heavy atom. The molecule has 98 valence electrons. The summed E-state index contributed by atoms with van der Waals surface area (Å²) in [6.45, 7) is 2.04. The molecule has 0 aliphatic carbocycles. The number of halogens is 1. The molecule has 2 atom stereocenters. The number of amides is 1. The zero-order chi connectivity index (χ0) is 13.1. The Labute approximate surface area is 112 Å². The monoisotopic (exact) mass is 267 g/mol. The van der Waals surface area contributed by atoms with Gasteiger partial charge in [-0.25, -0.2) is 0 Å². The zero-order valence-corrected chi connectivity index (χ0v) is 10.9. The van der Waals surface area contributed by atoms with Crippen LogP contribution in [0.2, 0.25) is 5.02 Å². The minimum atomic E-state index is -0.223. The van der Waals surface area contributed by atoms with Crippen molar-refractivity contribution in [3.63, 3.8) is 0 Å². The quantitative estimate of drug-likeness (QED) is 0.860. The summed E-state index contributed by atoms with van der Waals surface area (Å²) in [4.78, 5) is 13.4. The van der Waals surface area contributed by atoms with Crippen LogP contribution in [-0.4, -0.2) is 30.4 Å². The van der Waals surface area contributed by atoms with Gasteiger partial charge in [0.25, 0.3) is 0 Å². The van der Waals surface area contributed by atoms with Crippen LogP contribution >= 0.6 is 11.6 Å². The SMILES string of the molecule is NCC(c1cccc(Cl)c1)N1CCC(C(N)=O)C1. The lowest BCUT2D eigenvalue weighted by Gasteiger charge is -2.27. The van der Waals surface area contributed by atoms with Crippen LogP contribution < -0.4 is 11.5 Å². The van der Waals surface area contributed by atoms with E-state index < -0.39 is 0 Å². The maximum Gasteiger partial charge on any atom is 0.221 e. The standard InChI is InChI=1S/C13H18ClN3O/c14-11-3-1-2-9(6-11)12(7-15)17-5-4-10(8-17)13(16)18/h1-3,6,10,12H,4-5,7-8,15H2,(H2,16,18). The highest BCUT2D eigenvalue weighted by molar-refractivity contribution is 6.30. The van der Waals surface area contributed by atoms with Crippen LogP contribution in [0.3, 0.4) is 0 Å². The molecule has 0 saturated carbocycles. The molecule has 5 heteroatoms. The molecule has 18 heavy (non-hydrogen) atoms. The molecular formula is C13H18ClN3O. The first kappa shape index (κ1) is 13.3. The Kier molecular flexibility index (Phi) is 4.22. The lowest BCUT2D eigenvalue weighted by molar-refractivity contribution is -0.121. The van der Waals surface area contributed by atoms with Crippen molar-refractivity contribution in [2.45, 2.75) is 12.5 Å². The number of primary amides is 1. The van der Waals surface area contributed by atoms with E-state index in [-0.39, 0.29) is 17.9 Å². The molecule has 1 aromatic carbocycles. The average molecular weight is 268 g/mol. The van der Waals surface area contributed by atoms with Crippen molar-refractivity contribution in [2.24, 2.45) is 17.4 Å². The summed E-state index contributed by atoms with van der Waals surface area (Å²) < 4.78 is 0. The number of nitrogens with two attached hydrogens (primary N) is 2. The van der Waals surface area contributed by atoms with E-state index in [2.05, 4.69) is 4.90 Å². The first-order chi connectivity index (χ1) is 8.61. The topological polar surface area (TPSA) is 72.3 Å². The number of carbonyl (C=O) groups is 1. The van der Waals surface area contributed by atoms with Gasteiger partial charge < -0.3 is 11.5 Å². The first-order valence-corrected chi connectivity index (χ1v) is 6.48. The van der Waals surface area contributed by atoms with E-state index in [0.717, 1.165) is 18.5 Å². The van der Waals surface area contributed by atoms with Crippen molar-refractivity contribution in [1.29, 1.82) is 0 Å². The maximum absolute atomic E-state index is 11.2. The minimum Gasteiger partial charge on any atom is -0.369 e. The van der Waals surface area contributed by atoms with Crippen LogP contribution in [0.15, 0.2) is 24.3 Å². The number of hydrogen-bond donors (Lipinski definition) is 2. The molecule has 0 radical (unpaired) electrons. The smallest absolute Gasteiger partial charge is 0.221 e. The van der Waals surface area contributed by atoms with Crippen molar-refractivity contribution in [3.8, 4) is 0 Å². The maximum atomic E-state index is 11.2. The van der Waals surface area contributed by atoms with E-state index in [0.29, 0.717) is 18.1 Å². The molecule has 1 aliphatic rings. The second-order valence-electron chi connectivity index (χ2n) is 4.69. The summed E-state index contributed by atoms with van der Waals surface area (Å²) >= 11 is 6.00. The van der Waals surface area contributed by atoms with E-state index in [1.54, 1.807) is 0 Å². The van der Waals surface area contributed by atoms with E-state index in [1.165, 1.54) is 0 Å². The molecule has 1 amide bonds. The summed E-state index contributed by atoms with van der Waals surface area (Å²) in [5, 5.41) is 0.705. The van der Waals surface area contributed by atoms with Gasteiger partial charge >= 0.3 is 0 Å².